The fraction of sp³-hybridized carbons (Fsp3) is 0.533. The Morgan fingerprint density at radius 2 is 1.95 bits per heavy atom. The van der Waals surface area contributed by atoms with Crippen LogP contribution in [0.5, 0.6) is 0 Å². The topological polar surface area (TPSA) is 83.5 Å². The van der Waals surface area contributed by atoms with Crippen molar-refractivity contribution in [2.24, 2.45) is 5.92 Å². The lowest BCUT2D eigenvalue weighted by atomic mass is 9.86. The standard InChI is InChI=1S/C15H21NO4S/c17-15(18)13-7-4-8-14(11-13)16-21(19,20)10-9-12-5-2-1-3-6-12/h1-3,5-6,13-14,16H,4,7-11H2,(H,17,18). The van der Waals surface area contributed by atoms with Crippen molar-refractivity contribution in [1.82, 2.24) is 4.72 Å². The quantitative estimate of drug-likeness (QED) is 0.839. The van der Waals surface area contributed by atoms with E-state index in [2.05, 4.69) is 4.72 Å². The van der Waals surface area contributed by atoms with E-state index in [1.807, 2.05) is 30.3 Å². The van der Waals surface area contributed by atoms with Gasteiger partial charge in [-0.05, 0) is 31.2 Å². The predicted molar refractivity (Wildman–Crippen MR) is 80.5 cm³/mol. The summed E-state index contributed by atoms with van der Waals surface area (Å²) in [6.07, 6.45) is 2.96. The molecule has 0 radical (unpaired) electrons. The molecule has 0 heterocycles. The average Bonchev–Trinajstić information content (AvgIpc) is 2.46. The molecule has 116 valence electrons. The number of carboxylic acids is 1. The molecule has 0 saturated heterocycles. The van der Waals surface area contributed by atoms with Gasteiger partial charge in [0.15, 0.2) is 0 Å². The second-order valence-electron chi connectivity index (χ2n) is 5.57. The lowest BCUT2D eigenvalue weighted by Crippen LogP contribution is -2.41. The van der Waals surface area contributed by atoms with Crippen molar-refractivity contribution in [3.63, 3.8) is 0 Å². The Balaban J connectivity index is 1.87. The first-order valence-electron chi connectivity index (χ1n) is 7.23. The van der Waals surface area contributed by atoms with Crippen LogP contribution >= 0.6 is 0 Å². The van der Waals surface area contributed by atoms with Gasteiger partial charge in [-0.1, -0.05) is 36.8 Å². The lowest BCUT2D eigenvalue weighted by molar-refractivity contribution is -0.143. The predicted octanol–water partition coefficient (Wildman–Crippen LogP) is 1.79. The van der Waals surface area contributed by atoms with Gasteiger partial charge in [-0.25, -0.2) is 13.1 Å². The second-order valence-corrected chi connectivity index (χ2v) is 7.44. The van der Waals surface area contributed by atoms with Crippen LogP contribution in [0.2, 0.25) is 0 Å². The number of hydrogen-bond donors (Lipinski definition) is 2. The summed E-state index contributed by atoms with van der Waals surface area (Å²) in [4.78, 5) is 11.0. The summed E-state index contributed by atoms with van der Waals surface area (Å²) >= 11 is 0. The van der Waals surface area contributed by atoms with Crippen molar-refractivity contribution < 1.29 is 18.3 Å². The van der Waals surface area contributed by atoms with Gasteiger partial charge in [-0.2, -0.15) is 0 Å². The number of nitrogens with one attached hydrogen (secondary N) is 1. The third-order valence-electron chi connectivity index (χ3n) is 3.87. The van der Waals surface area contributed by atoms with Crippen molar-refractivity contribution in [2.45, 2.75) is 38.1 Å². The molecule has 6 heteroatoms. The van der Waals surface area contributed by atoms with Crippen molar-refractivity contribution in [3.8, 4) is 0 Å². The smallest absolute Gasteiger partial charge is 0.306 e. The van der Waals surface area contributed by atoms with Crippen LogP contribution in [0, 0.1) is 5.92 Å². The number of carbonyl (C=O) groups is 1. The molecule has 21 heavy (non-hydrogen) atoms. The van der Waals surface area contributed by atoms with Gasteiger partial charge in [-0.15, -0.1) is 0 Å². The fourth-order valence-corrected chi connectivity index (χ4v) is 4.08. The van der Waals surface area contributed by atoms with Crippen molar-refractivity contribution in [3.05, 3.63) is 35.9 Å². The van der Waals surface area contributed by atoms with Crippen LogP contribution < -0.4 is 4.72 Å². The maximum absolute atomic E-state index is 12.1. The number of rotatable bonds is 6. The summed E-state index contributed by atoms with van der Waals surface area (Å²) in [7, 11) is -3.37. The number of aliphatic carboxylic acids is 1. The van der Waals surface area contributed by atoms with E-state index in [1.54, 1.807) is 0 Å². The van der Waals surface area contributed by atoms with Crippen LogP contribution in [-0.4, -0.2) is 31.3 Å². The molecule has 1 fully saturated rings. The summed E-state index contributed by atoms with van der Waals surface area (Å²) in [5.41, 5.74) is 0.981. The van der Waals surface area contributed by atoms with Crippen molar-refractivity contribution >= 4 is 16.0 Å². The summed E-state index contributed by atoms with van der Waals surface area (Å²) in [6.45, 7) is 0. The van der Waals surface area contributed by atoms with Crippen molar-refractivity contribution in [1.29, 1.82) is 0 Å². The normalized spacial score (nSPS) is 22.9. The number of benzene rings is 1. The molecule has 1 aromatic rings. The van der Waals surface area contributed by atoms with Gasteiger partial charge in [0.05, 0.1) is 11.7 Å². The van der Waals surface area contributed by atoms with Gasteiger partial charge in [0.2, 0.25) is 10.0 Å². The van der Waals surface area contributed by atoms with Crippen LogP contribution in [-0.2, 0) is 21.2 Å². The molecular weight excluding hydrogens is 290 g/mol. The van der Waals surface area contributed by atoms with E-state index in [1.165, 1.54) is 0 Å². The fourth-order valence-electron chi connectivity index (χ4n) is 2.73. The Labute approximate surface area is 125 Å². The Kier molecular flexibility index (Phi) is 5.36. The van der Waals surface area contributed by atoms with Crippen LogP contribution in [0.15, 0.2) is 30.3 Å². The molecule has 1 aromatic carbocycles. The Hall–Kier alpha value is -1.40. The van der Waals surface area contributed by atoms with Crippen molar-refractivity contribution in [2.75, 3.05) is 5.75 Å². The van der Waals surface area contributed by atoms with E-state index in [4.69, 9.17) is 5.11 Å². The molecule has 0 bridgehead atoms. The van der Waals surface area contributed by atoms with E-state index < -0.39 is 21.9 Å². The minimum Gasteiger partial charge on any atom is -0.481 e. The monoisotopic (exact) mass is 311 g/mol. The van der Waals surface area contributed by atoms with Gasteiger partial charge in [0.25, 0.3) is 0 Å². The van der Waals surface area contributed by atoms with Gasteiger partial charge in [-0.3, -0.25) is 4.79 Å². The first-order valence-corrected chi connectivity index (χ1v) is 8.88. The molecule has 0 amide bonds. The molecule has 0 spiro atoms. The van der Waals surface area contributed by atoms with E-state index >= 15 is 0 Å². The first-order chi connectivity index (χ1) is 9.96. The molecule has 0 aliphatic heterocycles. The SMILES string of the molecule is O=C(O)C1CCCC(NS(=O)(=O)CCc2ccccc2)C1. The maximum atomic E-state index is 12.1. The van der Waals surface area contributed by atoms with E-state index in [0.717, 1.165) is 12.0 Å². The van der Waals surface area contributed by atoms with Gasteiger partial charge in [0.1, 0.15) is 0 Å². The third kappa shape index (κ3) is 5.13. The van der Waals surface area contributed by atoms with Gasteiger partial charge in [0, 0.05) is 6.04 Å². The summed E-state index contributed by atoms with van der Waals surface area (Å²) in [5.74, 6) is -1.23. The third-order valence-corrected chi connectivity index (χ3v) is 5.31. The van der Waals surface area contributed by atoms with Crippen LogP contribution in [0.4, 0.5) is 0 Å². The highest BCUT2D eigenvalue weighted by atomic mass is 32.2. The molecule has 2 rings (SSSR count). The molecule has 1 saturated carbocycles. The largest absolute Gasteiger partial charge is 0.481 e. The molecule has 5 nitrogen and oxygen atoms in total. The Bertz CT molecular complexity index is 571. The van der Waals surface area contributed by atoms with Crippen LogP contribution in [0.1, 0.15) is 31.2 Å². The molecule has 1 aliphatic rings. The lowest BCUT2D eigenvalue weighted by Gasteiger charge is -2.27. The minimum absolute atomic E-state index is 0.0330. The number of sulfonamides is 1. The summed E-state index contributed by atoms with van der Waals surface area (Å²) < 4.78 is 26.8. The molecule has 0 aromatic heterocycles. The first kappa shape index (κ1) is 16.0. The zero-order valence-electron chi connectivity index (χ0n) is 11.9. The average molecular weight is 311 g/mol. The van der Waals surface area contributed by atoms with Crippen LogP contribution in [0.25, 0.3) is 0 Å². The van der Waals surface area contributed by atoms with E-state index in [9.17, 15) is 13.2 Å². The highest BCUT2D eigenvalue weighted by Gasteiger charge is 2.29. The number of hydrogen-bond acceptors (Lipinski definition) is 3. The molecule has 2 unspecified atom stereocenters. The highest BCUT2D eigenvalue weighted by molar-refractivity contribution is 7.89. The Morgan fingerprint density at radius 3 is 2.62 bits per heavy atom. The summed E-state index contributed by atoms with van der Waals surface area (Å²) in [5, 5.41) is 9.03. The molecule has 2 atom stereocenters. The Morgan fingerprint density at radius 1 is 1.24 bits per heavy atom. The van der Waals surface area contributed by atoms with E-state index in [-0.39, 0.29) is 11.8 Å². The highest BCUT2D eigenvalue weighted by Crippen LogP contribution is 2.25. The minimum atomic E-state index is -3.37. The molecule has 2 N–H and O–H groups in total. The second kappa shape index (κ2) is 7.04. The van der Waals surface area contributed by atoms with Gasteiger partial charge >= 0.3 is 5.97 Å². The summed E-state index contributed by atoms with van der Waals surface area (Å²) in [6, 6.07) is 9.21. The van der Waals surface area contributed by atoms with E-state index in [0.29, 0.717) is 25.7 Å². The molecular formula is C15H21NO4S. The number of aryl methyl sites for hydroxylation is 1. The molecule has 1 aliphatic carbocycles. The maximum Gasteiger partial charge on any atom is 0.306 e. The van der Waals surface area contributed by atoms with Crippen LogP contribution in [0.3, 0.4) is 0 Å². The zero-order valence-corrected chi connectivity index (χ0v) is 12.7. The number of carboxylic acid groups (broad SMARTS) is 1. The van der Waals surface area contributed by atoms with Gasteiger partial charge < -0.3 is 5.11 Å². The zero-order chi connectivity index (χ0) is 15.3.